The minimum atomic E-state index is 0.490. The van der Waals surface area contributed by atoms with Crippen LogP contribution in [0.1, 0.15) is 11.1 Å². The van der Waals surface area contributed by atoms with Crippen molar-refractivity contribution >= 4 is 29.2 Å². The van der Waals surface area contributed by atoms with E-state index in [1.54, 1.807) is 36.5 Å². The molecule has 4 heteroatoms. The van der Waals surface area contributed by atoms with E-state index in [4.69, 9.17) is 22.6 Å². The molecule has 0 radical (unpaired) electrons. The molecule has 0 saturated carbocycles. The molecule has 18 heavy (non-hydrogen) atoms. The first-order chi connectivity index (χ1) is 8.69. The highest BCUT2D eigenvalue weighted by atomic mass is 35.5. The lowest BCUT2D eigenvalue weighted by atomic mass is 10.2. The van der Waals surface area contributed by atoms with Crippen LogP contribution < -0.4 is 5.73 Å². The predicted octanol–water partition coefficient (Wildman–Crippen LogP) is 3.54. The summed E-state index contributed by atoms with van der Waals surface area (Å²) in [5.41, 5.74) is 8.43. The first-order valence-electron chi connectivity index (χ1n) is 5.28. The van der Waals surface area contributed by atoms with Crippen molar-refractivity contribution in [1.82, 2.24) is 0 Å². The largest absolute Gasteiger partial charge is 0.398 e. The van der Waals surface area contributed by atoms with Crippen LogP contribution in [0.15, 0.2) is 47.5 Å². The molecule has 0 unspecified atom stereocenters. The molecular weight excluding hydrogens is 246 g/mol. The maximum Gasteiger partial charge on any atom is 0.0991 e. The number of nitrogens with two attached hydrogens (primary N) is 1. The lowest BCUT2D eigenvalue weighted by molar-refractivity contribution is 1.48. The van der Waals surface area contributed by atoms with Crippen LogP contribution in [-0.2, 0) is 0 Å². The maximum absolute atomic E-state index is 8.68. The minimum Gasteiger partial charge on any atom is -0.398 e. The Bertz CT molecular complexity index is 624. The first kappa shape index (κ1) is 12.2. The van der Waals surface area contributed by atoms with Crippen LogP contribution in [0, 0.1) is 11.3 Å². The summed E-state index contributed by atoms with van der Waals surface area (Å²) in [6.45, 7) is 0. The Kier molecular flexibility index (Phi) is 3.61. The van der Waals surface area contributed by atoms with Gasteiger partial charge in [-0.3, -0.25) is 4.99 Å². The molecule has 0 fully saturated rings. The topological polar surface area (TPSA) is 62.2 Å². The van der Waals surface area contributed by atoms with Crippen LogP contribution in [0.5, 0.6) is 0 Å². The van der Waals surface area contributed by atoms with Gasteiger partial charge in [0, 0.05) is 6.21 Å². The zero-order valence-electron chi connectivity index (χ0n) is 9.47. The van der Waals surface area contributed by atoms with Gasteiger partial charge in [-0.05, 0) is 35.9 Å². The summed E-state index contributed by atoms with van der Waals surface area (Å²) in [7, 11) is 0. The van der Waals surface area contributed by atoms with E-state index in [0.29, 0.717) is 16.3 Å². The summed E-state index contributed by atoms with van der Waals surface area (Å²) in [5.74, 6) is 0. The minimum absolute atomic E-state index is 0.490. The fourth-order valence-corrected chi connectivity index (χ4v) is 1.56. The summed E-state index contributed by atoms with van der Waals surface area (Å²) in [4.78, 5) is 4.29. The van der Waals surface area contributed by atoms with E-state index >= 15 is 0 Å². The molecular formula is C14H10ClN3. The van der Waals surface area contributed by atoms with E-state index < -0.39 is 0 Å². The van der Waals surface area contributed by atoms with Gasteiger partial charge in [-0.1, -0.05) is 23.7 Å². The van der Waals surface area contributed by atoms with Crippen molar-refractivity contribution in [1.29, 1.82) is 5.26 Å². The average molecular weight is 256 g/mol. The van der Waals surface area contributed by atoms with Crippen LogP contribution in [0.4, 0.5) is 11.4 Å². The van der Waals surface area contributed by atoms with Gasteiger partial charge in [0.1, 0.15) is 0 Å². The molecule has 88 valence electrons. The van der Waals surface area contributed by atoms with Crippen LogP contribution in [0.2, 0.25) is 5.02 Å². The number of nitriles is 1. The van der Waals surface area contributed by atoms with Crippen LogP contribution in [-0.4, -0.2) is 6.21 Å². The number of halogens is 1. The number of anilines is 1. The van der Waals surface area contributed by atoms with Crippen molar-refractivity contribution in [3.63, 3.8) is 0 Å². The molecule has 2 N–H and O–H groups in total. The number of rotatable bonds is 2. The van der Waals surface area contributed by atoms with Crippen LogP contribution in [0.3, 0.4) is 0 Å². The highest BCUT2D eigenvalue weighted by molar-refractivity contribution is 6.33. The quantitative estimate of drug-likeness (QED) is 0.659. The Balaban J connectivity index is 2.19. The van der Waals surface area contributed by atoms with Gasteiger partial charge in [0.05, 0.1) is 28.0 Å². The Morgan fingerprint density at radius 2 is 1.89 bits per heavy atom. The molecule has 2 aromatic carbocycles. The molecule has 2 aromatic rings. The van der Waals surface area contributed by atoms with Gasteiger partial charge >= 0.3 is 0 Å². The average Bonchev–Trinajstić information content (AvgIpc) is 2.41. The Morgan fingerprint density at radius 1 is 1.17 bits per heavy atom. The summed E-state index contributed by atoms with van der Waals surface area (Å²) in [6, 6.07) is 14.4. The van der Waals surface area contributed by atoms with Gasteiger partial charge in [-0.25, -0.2) is 0 Å². The second-order valence-corrected chi connectivity index (χ2v) is 4.11. The van der Waals surface area contributed by atoms with Crippen molar-refractivity contribution in [3.8, 4) is 6.07 Å². The number of benzene rings is 2. The Hall–Kier alpha value is -2.31. The van der Waals surface area contributed by atoms with Gasteiger partial charge in [0.15, 0.2) is 0 Å². The highest BCUT2D eigenvalue weighted by Gasteiger charge is 1.96. The standard InChI is InChI=1S/C14H10ClN3/c15-13-7-12(5-6-14(13)17)18-9-11-3-1-10(8-16)2-4-11/h1-7,9H,17H2. The molecule has 0 spiro atoms. The number of nitrogens with zero attached hydrogens (tertiary/aromatic N) is 2. The van der Waals surface area contributed by atoms with Crippen molar-refractivity contribution in [2.24, 2.45) is 4.99 Å². The van der Waals surface area contributed by atoms with Gasteiger partial charge in [0.25, 0.3) is 0 Å². The lowest BCUT2D eigenvalue weighted by Gasteiger charge is -1.98. The van der Waals surface area contributed by atoms with E-state index in [1.165, 1.54) is 0 Å². The molecule has 0 saturated heterocycles. The molecule has 0 aliphatic rings. The monoisotopic (exact) mass is 255 g/mol. The Labute approximate surface area is 110 Å². The van der Waals surface area contributed by atoms with Gasteiger partial charge < -0.3 is 5.73 Å². The molecule has 0 aromatic heterocycles. The smallest absolute Gasteiger partial charge is 0.0991 e. The third-order valence-corrected chi connectivity index (χ3v) is 2.71. The fraction of sp³-hybridized carbons (Fsp3) is 0. The molecule has 2 rings (SSSR count). The second-order valence-electron chi connectivity index (χ2n) is 3.70. The third-order valence-electron chi connectivity index (χ3n) is 2.39. The number of hydrogen-bond donors (Lipinski definition) is 1. The molecule has 0 bridgehead atoms. The van der Waals surface area contributed by atoms with Crippen molar-refractivity contribution in [2.45, 2.75) is 0 Å². The highest BCUT2D eigenvalue weighted by Crippen LogP contribution is 2.24. The van der Waals surface area contributed by atoms with Crippen LogP contribution >= 0.6 is 11.6 Å². The number of hydrogen-bond acceptors (Lipinski definition) is 3. The first-order valence-corrected chi connectivity index (χ1v) is 5.66. The lowest BCUT2D eigenvalue weighted by Crippen LogP contribution is -1.85. The van der Waals surface area contributed by atoms with Crippen LogP contribution in [0.25, 0.3) is 0 Å². The summed E-state index contributed by atoms with van der Waals surface area (Å²) >= 11 is 5.90. The maximum atomic E-state index is 8.68. The van der Waals surface area contributed by atoms with Crippen molar-refractivity contribution in [3.05, 3.63) is 58.6 Å². The predicted molar refractivity (Wildman–Crippen MR) is 74.3 cm³/mol. The Morgan fingerprint density at radius 3 is 2.50 bits per heavy atom. The van der Waals surface area contributed by atoms with Gasteiger partial charge in [-0.15, -0.1) is 0 Å². The zero-order chi connectivity index (χ0) is 13.0. The molecule has 0 amide bonds. The fourth-order valence-electron chi connectivity index (χ4n) is 1.39. The summed E-state index contributed by atoms with van der Waals surface area (Å²) in [6.07, 6.45) is 1.71. The molecule has 0 heterocycles. The van der Waals surface area contributed by atoms with Crippen molar-refractivity contribution < 1.29 is 0 Å². The van der Waals surface area contributed by atoms with E-state index in [2.05, 4.69) is 11.1 Å². The molecule has 0 aliphatic heterocycles. The number of nitrogen functional groups attached to an aromatic ring is 1. The van der Waals surface area contributed by atoms with E-state index in [0.717, 1.165) is 11.3 Å². The number of aliphatic imine (C=N–C) groups is 1. The SMILES string of the molecule is N#Cc1ccc(C=Nc2ccc(N)c(Cl)c2)cc1. The zero-order valence-corrected chi connectivity index (χ0v) is 10.2. The third kappa shape index (κ3) is 2.88. The normalized spacial score (nSPS) is 10.4. The molecule has 3 nitrogen and oxygen atoms in total. The van der Waals surface area contributed by atoms with E-state index in [9.17, 15) is 0 Å². The summed E-state index contributed by atoms with van der Waals surface area (Å²) in [5, 5.41) is 9.17. The summed E-state index contributed by atoms with van der Waals surface area (Å²) < 4.78 is 0. The molecule has 0 atom stereocenters. The van der Waals surface area contributed by atoms with E-state index in [1.807, 2.05) is 12.1 Å². The van der Waals surface area contributed by atoms with Gasteiger partial charge in [-0.2, -0.15) is 5.26 Å². The van der Waals surface area contributed by atoms with Crippen molar-refractivity contribution in [2.75, 3.05) is 5.73 Å². The van der Waals surface area contributed by atoms with E-state index in [-0.39, 0.29) is 0 Å². The molecule has 0 aliphatic carbocycles. The second kappa shape index (κ2) is 5.35. The van der Waals surface area contributed by atoms with Gasteiger partial charge in [0.2, 0.25) is 0 Å².